The third kappa shape index (κ3) is 4.38. The van der Waals surface area contributed by atoms with E-state index in [1.165, 1.54) is 5.56 Å². The van der Waals surface area contributed by atoms with Gasteiger partial charge in [0.25, 0.3) is 0 Å². The van der Waals surface area contributed by atoms with Gasteiger partial charge in [-0.15, -0.1) is 0 Å². The van der Waals surface area contributed by atoms with Gasteiger partial charge in [-0.25, -0.2) is 14.6 Å². The van der Waals surface area contributed by atoms with Gasteiger partial charge in [-0.2, -0.15) is 5.10 Å². The Bertz CT molecular complexity index is 1350. The van der Waals surface area contributed by atoms with Crippen LogP contribution >= 0.6 is 0 Å². The highest BCUT2D eigenvalue weighted by atomic mass is 16.2. The molecule has 2 aromatic heterocycles. The molecule has 1 amide bonds. The number of carbonyl (C=O) groups is 1. The van der Waals surface area contributed by atoms with Crippen LogP contribution in [-0.4, -0.2) is 56.7 Å². The molecule has 2 aliphatic rings. The van der Waals surface area contributed by atoms with Gasteiger partial charge >= 0.3 is 0 Å². The van der Waals surface area contributed by atoms with Gasteiger partial charge in [0.1, 0.15) is 11.6 Å². The molecule has 1 saturated carbocycles. The Kier molecular flexibility index (Phi) is 5.68. The van der Waals surface area contributed by atoms with Gasteiger partial charge in [-0.05, 0) is 43.9 Å². The molecule has 35 heavy (non-hydrogen) atoms. The number of fused-ring (bicyclic) bond motifs is 1. The van der Waals surface area contributed by atoms with Gasteiger partial charge in [0.15, 0.2) is 5.65 Å². The van der Waals surface area contributed by atoms with Crippen molar-refractivity contribution in [1.82, 2.24) is 24.6 Å². The fourth-order valence-electron chi connectivity index (χ4n) is 4.98. The number of anilines is 1. The summed E-state index contributed by atoms with van der Waals surface area (Å²) in [5.74, 6) is 2.31. The minimum Gasteiger partial charge on any atom is -0.354 e. The summed E-state index contributed by atoms with van der Waals surface area (Å²) in [5.41, 5.74) is 3.91. The van der Waals surface area contributed by atoms with E-state index in [9.17, 15) is 4.79 Å². The van der Waals surface area contributed by atoms with Crippen LogP contribution in [0.4, 0.5) is 5.82 Å². The second kappa shape index (κ2) is 9.13. The van der Waals surface area contributed by atoms with E-state index in [0.717, 1.165) is 79.5 Å². The zero-order valence-corrected chi connectivity index (χ0v) is 20.1. The van der Waals surface area contributed by atoms with E-state index in [1.807, 2.05) is 48.0 Å². The van der Waals surface area contributed by atoms with Gasteiger partial charge in [0.05, 0.1) is 16.8 Å². The highest BCUT2D eigenvalue weighted by Gasteiger charge is 2.34. The van der Waals surface area contributed by atoms with E-state index in [4.69, 9.17) is 15.1 Å². The molecule has 0 bridgehead atoms. The standard InChI is InChI=1S/C28H30N6O/c1-20-25-26(32-15-8-16-33(18-17-32)28(35)22-13-14-22)29-24(19-21-9-4-2-5-10-21)30-27(25)34(31-20)23-11-6-3-7-12-23/h2-7,9-12,22H,8,13-19H2,1H3. The lowest BCUT2D eigenvalue weighted by Crippen LogP contribution is -2.36. The summed E-state index contributed by atoms with van der Waals surface area (Å²) >= 11 is 0. The van der Waals surface area contributed by atoms with Gasteiger partial charge in [-0.3, -0.25) is 4.79 Å². The molecule has 2 fully saturated rings. The van der Waals surface area contributed by atoms with Crippen molar-refractivity contribution in [2.24, 2.45) is 5.92 Å². The number of aryl methyl sites for hydroxylation is 1. The van der Waals surface area contributed by atoms with Crippen molar-refractivity contribution in [2.45, 2.75) is 32.6 Å². The molecule has 4 aromatic rings. The number of nitrogens with zero attached hydrogens (tertiary/aromatic N) is 6. The number of para-hydroxylation sites is 1. The summed E-state index contributed by atoms with van der Waals surface area (Å²) < 4.78 is 1.94. The second-order valence-electron chi connectivity index (χ2n) is 9.60. The summed E-state index contributed by atoms with van der Waals surface area (Å²) in [5, 5.41) is 5.88. The van der Waals surface area contributed by atoms with Crippen LogP contribution in [0.5, 0.6) is 0 Å². The quantitative estimate of drug-likeness (QED) is 0.442. The zero-order valence-electron chi connectivity index (χ0n) is 20.1. The molecule has 0 atom stereocenters. The van der Waals surface area contributed by atoms with E-state index < -0.39 is 0 Å². The maximum Gasteiger partial charge on any atom is 0.225 e. The normalized spacial score (nSPS) is 16.5. The monoisotopic (exact) mass is 466 g/mol. The number of carbonyl (C=O) groups excluding carboxylic acids is 1. The van der Waals surface area contributed by atoms with Gasteiger partial charge < -0.3 is 9.80 Å². The molecule has 1 aliphatic heterocycles. The first kappa shape index (κ1) is 21.8. The topological polar surface area (TPSA) is 67.2 Å². The number of hydrogen-bond donors (Lipinski definition) is 0. The minimum absolute atomic E-state index is 0.260. The molecule has 7 heteroatoms. The number of aromatic nitrogens is 4. The lowest BCUT2D eigenvalue weighted by molar-refractivity contribution is -0.132. The zero-order chi connectivity index (χ0) is 23.8. The number of amides is 1. The average molecular weight is 467 g/mol. The Labute approximate surface area is 205 Å². The summed E-state index contributed by atoms with van der Waals surface area (Å²) in [4.78, 5) is 27.2. The second-order valence-corrected chi connectivity index (χ2v) is 9.60. The molecule has 1 aliphatic carbocycles. The lowest BCUT2D eigenvalue weighted by atomic mass is 10.1. The van der Waals surface area contributed by atoms with Crippen LogP contribution in [0.25, 0.3) is 16.7 Å². The van der Waals surface area contributed by atoms with Crippen LogP contribution < -0.4 is 4.90 Å². The summed E-state index contributed by atoms with van der Waals surface area (Å²) in [7, 11) is 0. The van der Waals surface area contributed by atoms with Crippen LogP contribution in [-0.2, 0) is 11.2 Å². The van der Waals surface area contributed by atoms with Gasteiger partial charge in [0.2, 0.25) is 5.91 Å². The number of hydrogen-bond acceptors (Lipinski definition) is 5. The van der Waals surface area contributed by atoms with E-state index in [1.54, 1.807) is 0 Å². The summed E-state index contributed by atoms with van der Waals surface area (Å²) in [6.07, 6.45) is 3.69. The van der Waals surface area contributed by atoms with Crippen molar-refractivity contribution < 1.29 is 4.79 Å². The molecule has 0 N–H and O–H groups in total. The van der Waals surface area contributed by atoms with E-state index in [0.29, 0.717) is 12.3 Å². The van der Waals surface area contributed by atoms with Crippen molar-refractivity contribution >= 4 is 22.8 Å². The molecule has 7 nitrogen and oxygen atoms in total. The fourth-order valence-corrected chi connectivity index (χ4v) is 4.98. The molecule has 0 spiro atoms. The Hall–Kier alpha value is -3.74. The van der Waals surface area contributed by atoms with Crippen molar-refractivity contribution in [2.75, 3.05) is 31.1 Å². The van der Waals surface area contributed by atoms with Gasteiger partial charge in [0, 0.05) is 38.5 Å². The summed E-state index contributed by atoms with van der Waals surface area (Å²) in [6, 6.07) is 20.5. The Morgan fingerprint density at radius 1 is 0.914 bits per heavy atom. The van der Waals surface area contributed by atoms with Crippen LogP contribution in [0.1, 0.15) is 36.3 Å². The third-order valence-corrected chi connectivity index (χ3v) is 6.97. The molecule has 6 rings (SSSR count). The first-order valence-corrected chi connectivity index (χ1v) is 12.6. The molecule has 0 radical (unpaired) electrons. The van der Waals surface area contributed by atoms with Crippen LogP contribution in [0, 0.1) is 12.8 Å². The van der Waals surface area contributed by atoms with E-state index >= 15 is 0 Å². The van der Waals surface area contributed by atoms with Gasteiger partial charge in [-0.1, -0.05) is 48.5 Å². The predicted octanol–water partition coefficient (Wildman–Crippen LogP) is 4.16. The van der Waals surface area contributed by atoms with Crippen molar-refractivity contribution in [3.8, 4) is 5.69 Å². The van der Waals surface area contributed by atoms with Crippen molar-refractivity contribution in [3.05, 3.63) is 77.7 Å². The maximum atomic E-state index is 12.7. The first-order valence-electron chi connectivity index (χ1n) is 12.6. The predicted molar refractivity (Wildman–Crippen MR) is 137 cm³/mol. The van der Waals surface area contributed by atoms with E-state index in [2.05, 4.69) is 34.1 Å². The molecule has 2 aromatic carbocycles. The molecule has 1 saturated heterocycles. The van der Waals surface area contributed by atoms with Crippen LogP contribution in [0.2, 0.25) is 0 Å². The minimum atomic E-state index is 0.260. The molecular weight excluding hydrogens is 436 g/mol. The van der Waals surface area contributed by atoms with Crippen molar-refractivity contribution in [3.63, 3.8) is 0 Å². The molecule has 0 unspecified atom stereocenters. The fraction of sp³-hybridized carbons (Fsp3) is 0.357. The third-order valence-electron chi connectivity index (χ3n) is 6.97. The number of benzene rings is 2. The number of rotatable bonds is 5. The Morgan fingerprint density at radius 2 is 1.66 bits per heavy atom. The Morgan fingerprint density at radius 3 is 2.40 bits per heavy atom. The lowest BCUT2D eigenvalue weighted by Gasteiger charge is -2.24. The maximum absolute atomic E-state index is 12.7. The molecule has 178 valence electrons. The summed E-state index contributed by atoms with van der Waals surface area (Å²) in [6.45, 7) is 5.22. The van der Waals surface area contributed by atoms with Crippen molar-refractivity contribution in [1.29, 1.82) is 0 Å². The average Bonchev–Trinajstić information content (AvgIpc) is 3.71. The first-order chi connectivity index (χ1) is 17.2. The smallest absolute Gasteiger partial charge is 0.225 e. The van der Waals surface area contributed by atoms with E-state index in [-0.39, 0.29) is 5.92 Å². The molecular formula is C28H30N6O. The van der Waals surface area contributed by atoms with Crippen LogP contribution in [0.3, 0.4) is 0 Å². The largest absolute Gasteiger partial charge is 0.354 e. The Balaban J connectivity index is 1.42. The molecule has 3 heterocycles. The highest BCUT2D eigenvalue weighted by molar-refractivity contribution is 5.91. The SMILES string of the molecule is Cc1nn(-c2ccccc2)c2nc(Cc3ccccc3)nc(N3CCCN(C(=O)C4CC4)CC3)c12. The van der Waals surface area contributed by atoms with Crippen LogP contribution in [0.15, 0.2) is 60.7 Å². The highest BCUT2D eigenvalue weighted by Crippen LogP contribution is 2.33.